The molecule has 1 atom stereocenters. The summed E-state index contributed by atoms with van der Waals surface area (Å²) < 4.78 is 33.4. The van der Waals surface area contributed by atoms with Gasteiger partial charge in [-0.2, -0.15) is 0 Å². The van der Waals surface area contributed by atoms with E-state index in [-0.39, 0.29) is 31.7 Å². The van der Waals surface area contributed by atoms with Crippen LogP contribution in [0.2, 0.25) is 0 Å². The van der Waals surface area contributed by atoms with E-state index in [9.17, 15) is 18.3 Å². The lowest BCUT2D eigenvalue weighted by Gasteiger charge is -2.38. The van der Waals surface area contributed by atoms with Crippen molar-refractivity contribution in [3.05, 3.63) is 102 Å². The summed E-state index contributed by atoms with van der Waals surface area (Å²) in [5.41, 5.74) is 2.04. The van der Waals surface area contributed by atoms with Gasteiger partial charge in [-0.25, -0.2) is 17.5 Å². The Bertz CT molecular complexity index is 1300. The minimum Gasteiger partial charge on any atom is -0.445 e. The predicted octanol–water partition coefficient (Wildman–Crippen LogP) is 4.58. The molecule has 1 saturated heterocycles. The molecule has 3 aromatic carbocycles. The first-order chi connectivity index (χ1) is 19.9. The maximum atomic E-state index is 13.2. The van der Waals surface area contributed by atoms with E-state index in [1.807, 2.05) is 54.6 Å². The fraction of sp³-hybridized carbons (Fsp3) is 0.406. The van der Waals surface area contributed by atoms with Gasteiger partial charge in [0, 0.05) is 39.3 Å². The minimum atomic E-state index is -3.59. The molecule has 1 unspecified atom stereocenters. The molecule has 9 heteroatoms. The number of rotatable bonds is 13. The molecule has 0 bridgehead atoms. The van der Waals surface area contributed by atoms with E-state index in [0.29, 0.717) is 11.4 Å². The van der Waals surface area contributed by atoms with Crippen molar-refractivity contribution in [1.29, 1.82) is 0 Å². The Hall–Kier alpha value is -3.24. The number of sulfonamides is 1. The van der Waals surface area contributed by atoms with E-state index < -0.39 is 16.1 Å². The first-order valence-electron chi connectivity index (χ1n) is 14.3. The van der Waals surface area contributed by atoms with E-state index in [2.05, 4.69) is 17.0 Å². The highest BCUT2D eigenvalue weighted by Gasteiger charge is 2.30. The second-order valence-corrected chi connectivity index (χ2v) is 12.6. The normalized spacial score (nSPS) is 15.5. The SMILES string of the molecule is CN(CC(CCN1CCC(N(CCO)C(=O)OCc2ccccc2)CC1)c1ccccc1)S(=O)(=O)c1ccccc1. The van der Waals surface area contributed by atoms with Crippen LogP contribution in [0.5, 0.6) is 0 Å². The molecule has 0 aromatic heterocycles. The second kappa shape index (κ2) is 15.1. The Kier molecular flexibility index (Phi) is 11.3. The van der Waals surface area contributed by atoms with Crippen molar-refractivity contribution in [3.8, 4) is 0 Å². The molecular formula is C32H41N3O5S. The van der Waals surface area contributed by atoms with Crippen molar-refractivity contribution >= 4 is 16.1 Å². The smallest absolute Gasteiger partial charge is 0.410 e. The number of ether oxygens (including phenoxy) is 1. The Morgan fingerprint density at radius 1 is 0.951 bits per heavy atom. The molecule has 0 saturated carbocycles. The van der Waals surface area contributed by atoms with Gasteiger partial charge in [0.15, 0.2) is 0 Å². The third-order valence-corrected chi connectivity index (χ3v) is 9.61. The van der Waals surface area contributed by atoms with Crippen LogP contribution >= 0.6 is 0 Å². The predicted molar refractivity (Wildman–Crippen MR) is 160 cm³/mol. The summed E-state index contributed by atoms with van der Waals surface area (Å²) in [4.78, 5) is 17.2. The van der Waals surface area contributed by atoms with Gasteiger partial charge in [0.2, 0.25) is 10.0 Å². The number of nitrogens with zero attached hydrogens (tertiary/aromatic N) is 3. The monoisotopic (exact) mass is 579 g/mol. The zero-order valence-corrected chi connectivity index (χ0v) is 24.5. The highest BCUT2D eigenvalue weighted by molar-refractivity contribution is 7.89. The lowest BCUT2D eigenvalue weighted by molar-refractivity contribution is 0.0521. The summed E-state index contributed by atoms with van der Waals surface area (Å²) in [6.07, 6.45) is 1.99. The van der Waals surface area contributed by atoms with Gasteiger partial charge in [-0.3, -0.25) is 0 Å². The molecule has 1 N–H and O–H groups in total. The molecule has 4 rings (SSSR count). The van der Waals surface area contributed by atoms with E-state index in [1.54, 1.807) is 36.2 Å². The third kappa shape index (κ3) is 8.63. The van der Waals surface area contributed by atoms with Gasteiger partial charge in [0.1, 0.15) is 6.61 Å². The van der Waals surface area contributed by atoms with E-state index in [4.69, 9.17) is 4.74 Å². The van der Waals surface area contributed by atoms with Gasteiger partial charge >= 0.3 is 6.09 Å². The number of likely N-dealkylation sites (N-methyl/N-ethyl adjacent to an activating group) is 1. The molecular weight excluding hydrogens is 538 g/mol. The molecule has 1 aliphatic rings. The molecule has 3 aromatic rings. The van der Waals surface area contributed by atoms with E-state index >= 15 is 0 Å². The number of amides is 1. The highest BCUT2D eigenvalue weighted by atomic mass is 32.2. The largest absolute Gasteiger partial charge is 0.445 e. The fourth-order valence-electron chi connectivity index (χ4n) is 5.40. The summed E-state index contributed by atoms with van der Waals surface area (Å²) >= 11 is 0. The summed E-state index contributed by atoms with van der Waals surface area (Å²) in [7, 11) is -1.94. The molecule has 1 amide bonds. The standard InChI is InChI=1S/C32H41N3O5S/c1-33(41(38,39)31-15-9-4-10-16-31)25-29(28-13-7-3-8-14-28)17-20-34-21-18-30(19-22-34)35(23-24-36)32(37)40-26-27-11-5-2-6-12-27/h2-16,29-30,36H,17-26H2,1H3. The minimum absolute atomic E-state index is 0.00809. The fourth-order valence-corrected chi connectivity index (χ4v) is 6.63. The van der Waals surface area contributed by atoms with Crippen LogP contribution < -0.4 is 0 Å². The van der Waals surface area contributed by atoms with Crippen LogP contribution in [0.3, 0.4) is 0 Å². The van der Waals surface area contributed by atoms with Gasteiger partial charge in [-0.1, -0.05) is 78.9 Å². The van der Waals surface area contributed by atoms with Gasteiger partial charge in [-0.05, 0) is 55.0 Å². The Morgan fingerprint density at radius 2 is 1.54 bits per heavy atom. The quantitative estimate of drug-likeness (QED) is 0.319. The summed E-state index contributed by atoms with van der Waals surface area (Å²) in [5, 5.41) is 9.60. The van der Waals surface area contributed by atoms with Gasteiger partial charge < -0.3 is 19.6 Å². The zero-order chi connectivity index (χ0) is 29.1. The van der Waals surface area contributed by atoms with Crippen LogP contribution in [-0.4, -0.2) is 86.1 Å². The highest BCUT2D eigenvalue weighted by Crippen LogP contribution is 2.26. The molecule has 41 heavy (non-hydrogen) atoms. The van der Waals surface area contributed by atoms with Crippen LogP contribution in [-0.2, 0) is 21.4 Å². The third-order valence-electron chi connectivity index (χ3n) is 7.77. The van der Waals surface area contributed by atoms with Crippen molar-refractivity contribution in [3.63, 3.8) is 0 Å². The summed E-state index contributed by atoms with van der Waals surface area (Å²) in [6.45, 7) is 3.18. The second-order valence-electron chi connectivity index (χ2n) is 10.5. The van der Waals surface area contributed by atoms with Crippen molar-refractivity contribution in [2.24, 2.45) is 0 Å². The number of carbonyl (C=O) groups is 1. The number of hydrogen-bond donors (Lipinski definition) is 1. The first-order valence-corrected chi connectivity index (χ1v) is 15.7. The van der Waals surface area contributed by atoms with E-state index in [0.717, 1.165) is 50.0 Å². The molecule has 0 radical (unpaired) electrons. The number of aliphatic hydroxyl groups is 1. The number of aliphatic hydroxyl groups excluding tert-OH is 1. The molecule has 1 heterocycles. The van der Waals surface area contributed by atoms with Crippen LogP contribution in [0, 0.1) is 0 Å². The Morgan fingerprint density at radius 3 is 2.15 bits per heavy atom. The maximum absolute atomic E-state index is 13.2. The van der Waals surface area contributed by atoms with Crippen molar-refractivity contribution in [2.45, 2.75) is 42.7 Å². The summed E-state index contributed by atoms with van der Waals surface area (Å²) in [6, 6.07) is 28.2. The molecule has 1 aliphatic heterocycles. The van der Waals surface area contributed by atoms with Gasteiger partial charge in [-0.15, -0.1) is 0 Å². The molecule has 1 fully saturated rings. The zero-order valence-electron chi connectivity index (χ0n) is 23.7. The number of benzene rings is 3. The first kappa shape index (κ1) is 30.7. The lowest BCUT2D eigenvalue weighted by Crippen LogP contribution is -2.48. The molecule has 0 aliphatic carbocycles. The molecule has 220 valence electrons. The van der Waals surface area contributed by atoms with Crippen LogP contribution in [0.1, 0.15) is 36.3 Å². The topological polar surface area (TPSA) is 90.4 Å². The van der Waals surface area contributed by atoms with Crippen molar-refractivity contribution in [2.75, 3.05) is 46.4 Å². The average Bonchev–Trinajstić information content (AvgIpc) is 3.02. The molecule has 8 nitrogen and oxygen atoms in total. The van der Waals surface area contributed by atoms with Crippen molar-refractivity contribution in [1.82, 2.24) is 14.1 Å². The number of hydrogen-bond acceptors (Lipinski definition) is 6. The Labute approximate surface area is 244 Å². The molecule has 0 spiro atoms. The van der Waals surface area contributed by atoms with Crippen molar-refractivity contribution < 1.29 is 23.1 Å². The van der Waals surface area contributed by atoms with E-state index in [1.165, 1.54) is 4.31 Å². The Balaban J connectivity index is 1.33. The maximum Gasteiger partial charge on any atom is 0.410 e. The lowest BCUT2D eigenvalue weighted by atomic mass is 9.94. The van der Waals surface area contributed by atoms with Gasteiger partial charge in [0.25, 0.3) is 0 Å². The number of piperidine rings is 1. The van der Waals surface area contributed by atoms with Gasteiger partial charge in [0.05, 0.1) is 11.5 Å². The van der Waals surface area contributed by atoms with Crippen LogP contribution in [0.4, 0.5) is 4.79 Å². The average molecular weight is 580 g/mol. The van der Waals surface area contributed by atoms with Crippen LogP contribution in [0.25, 0.3) is 0 Å². The number of carbonyl (C=O) groups excluding carboxylic acids is 1. The summed E-state index contributed by atoms with van der Waals surface area (Å²) in [5.74, 6) is 0.0382. The number of likely N-dealkylation sites (tertiary alicyclic amines) is 1. The van der Waals surface area contributed by atoms with Crippen LogP contribution in [0.15, 0.2) is 95.9 Å².